The molecule has 16 heavy (non-hydrogen) atoms. The number of ether oxygens (including phenoxy) is 1. The van der Waals surface area contributed by atoms with E-state index in [1.54, 1.807) is 0 Å². The summed E-state index contributed by atoms with van der Waals surface area (Å²) in [5.41, 5.74) is 7.12. The quantitative estimate of drug-likeness (QED) is 0.485. The maximum atomic E-state index is 6.09. The number of allylic oxidation sites excluding steroid dienone is 2. The molecule has 2 unspecified atom stereocenters. The molecule has 0 spiro atoms. The van der Waals surface area contributed by atoms with Gasteiger partial charge in [0, 0.05) is 0 Å². The summed E-state index contributed by atoms with van der Waals surface area (Å²) in [5.74, 6) is 0. The molecule has 1 fully saturated rings. The van der Waals surface area contributed by atoms with Gasteiger partial charge in [0.2, 0.25) is 0 Å². The first-order valence-electron chi connectivity index (χ1n) is 5.81. The van der Waals surface area contributed by atoms with Crippen LogP contribution in [0.15, 0.2) is 35.9 Å². The van der Waals surface area contributed by atoms with Crippen LogP contribution < -0.4 is 0 Å². The maximum absolute atomic E-state index is 6.09. The van der Waals surface area contributed by atoms with Gasteiger partial charge in [0.15, 0.2) is 0 Å². The van der Waals surface area contributed by atoms with E-state index in [0.29, 0.717) is 0 Å². The molecule has 1 nitrogen and oxygen atoms in total. The molecule has 1 heterocycles. The minimum absolute atomic E-state index is 0.00554. The zero-order chi connectivity index (χ0) is 11.1. The van der Waals surface area contributed by atoms with Gasteiger partial charge in [-0.3, -0.25) is 0 Å². The SMILES string of the molecule is CC1=CC2=C(c3ccccc32)C2([SiH3])OC12C. The molecule has 1 aromatic carbocycles. The molecule has 80 valence electrons. The topological polar surface area (TPSA) is 12.5 Å². The molecule has 2 heteroatoms. The Bertz CT molecular complexity index is 599. The second kappa shape index (κ2) is 2.26. The second-order valence-corrected chi connectivity index (χ2v) is 6.74. The molecule has 0 radical (unpaired) electrons. The highest BCUT2D eigenvalue weighted by molar-refractivity contribution is 6.32. The zero-order valence-electron chi connectivity index (χ0n) is 9.79. The van der Waals surface area contributed by atoms with E-state index < -0.39 is 0 Å². The molecule has 0 N–H and O–H groups in total. The monoisotopic (exact) mass is 226 g/mol. The van der Waals surface area contributed by atoms with E-state index in [9.17, 15) is 0 Å². The third kappa shape index (κ3) is 0.702. The summed E-state index contributed by atoms with van der Waals surface area (Å²) >= 11 is 0. The molecule has 0 bridgehead atoms. The van der Waals surface area contributed by atoms with Crippen LogP contribution in [-0.2, 0) is 4.74 Å². The Balaban J connectivity index is 1.99. The lowest BCUT2D eigenvalue weighted by molar-refractivity contribution is 0.340. The minimum Gasteiger partial charge on any atom is -0.358 e. The molecule has 2 aliphatic carbocycles. The van der Waals surface area contributed by atoms with Crippen LogP contribution in [0.5, 0.6) is 0 Å². The second-order valence-electron chi connectivity index (χ2n) is 5.33. The number of epoxide rings is 1. The molecule has 2 atom stereocenters. The fourth-order valence-electron chi connectivity index (χ4n) is 3.30. The van der Waals surface area contributed by atoms with Crippen molar-refractivity contribution in [3.63, 3.8) is 0 Å². The minimum atomic E-state index is 0.00554. The van der Waals surface area contributed by atoms with Crippen LogP contribution >= 0.6 is 0 Å². The predicted molar refractivity (Wildman–Crippen MR) is 69.2 cm³/mol. The number of hydrogen-bond acceptors (Lipinski definition) is 1. The average Bonchev–Trinajstić information content (AvgIpc) is 2.80. The van der Waals surface area contributed by atoms with E-state index in [0.717, 1.165) is 10.2 Å². The third-order valence-corrected chi connectivity index (χ3v) is 6.28. The largest absolute Gasteiger partial charge is 0.358 e. The maximum Gasteiger partial charge on any atom is 0.116 e. The molecule has 1 aliphatic heterocycles. The predicted octanol–water partition coefficient (Wildman–Crippen LogP) is 1.72. The number of fused-ring (bicyclic) bond motifs is 5. The first-order valence-corrected chi connectivity index (χ1v) is 6.81. The van der Waals surface area contributed by atoms with Gasteiger partial charge in [-0.05, 0) is 41.7 Å². The van der Waals surface area contributed by atoms with E-state index in [4.69, 9.17) is 4.74 Å². The van der Waals surface area contributed by atoms with E-state index in [1.807, 2.05) is 0 Å². The third-order valence-electron chi connectivity index (χ3n) is 4.62. The molecule has 1 aromatic rings. The lowest BCUT2D eigenvalue weighted by Gasteiger charge is -2.34. The van der Waals surface area contributed by atoms with Crippen molar-refractivity contribution >= 4 is 21.4 Å². The Morgan fingerprint density at radius 2 is 1.88 bits per heavy atom. The van der Waals surface area contributed by atoms with Gasteiger partial charge in [0.1, 0.15) is 10.8 Å². The fourth-order valence-corrected chi connectivity index (χ4v) is 4.64. The van der Waals surface area contributed by atoms with Gasteiger partial charge in [0.05, 0.1) is 10.2 Å². The molecular formula is C14H14OSi. The standard InChI is InChI=1S/C14H14OSi/c1-8-7-11-9-5-3-4-6-10(9)12(11)14(16)13(8,2)15-14/h3-7H,1-2,16H3. The highest BCUT2D eigenvalue weighted by Gasteiger charge is 2.69. The summed E-state index contributed by atoms with van der Waals surface area (Å²) in [6.07, 6.45) is 2.32. The lowest BCUT2D eigenvalue weighted by atomic mass is 9.71. The van der Waals surface area contributed by atoms with Gasteiger partial charge in [-0.2, -0.15) is 0 Å². The summed E-state index contributed by atoms with van der Waals surface area (Å²) in [4.78, 5) is 0. The van der Waals surface area contributed by atoms with Gasteiger partial charge in [0.25, 0.3) is 0 Å². The van der Waals surface area contributed by atoms with Crippen LogP contribution in [0.4, 0.5) is 0 Å². The Morgan fingerprint density at radius 1 is 1.19 bits per heavy atom. The van der Waals surface area contributed by atoms with E-state index in [-0.39, 0.29) is 10.8 Å². The smallest absolute Gasteiger partial charge is 0.116 e. The first kappa shape index (κ1) is 8.96. The fraction of sp³-hybridized carbons (Fsp3) is 0.286. The lowest BCUT2D eigenvalue weighted by Crippen LogP contribution is -2.33. The van der Waals surface area contributed by atoms with Gasteiger partial charge >= 0.3 is 0 Å². The van der Waals surface area contributed by atoms with Crippen LogP contribution in [0.2, 0.25) is 0 Å². The van der Waals surface area contributed by atoms with Crippen LogP contribution in [-0.4, -0.2) is 21.1 Å². The molecule has 0 amide bonds. The van der Waals surface area contributed by atoms with Crippen LogP contribution in [0.3, 0.4) is 0 Å². The normalized spacial score (nSPS) is 38.2. The summed E-state index contributed by atoms with van der Waals surface area (Å²) < 4.78 is 6.09. The zero-order valence-corrected chi connectivity index (χ0v) is 11.8. The van der Waals surface area contributed by atoms with Crippen molar-refractivity contribution in [2.24, 2.45) is 0 Å². The van der Waals surface area contributed by atoms with Gasteiger partial charge < -0.3 is 4.74 Å². The van der Waals surface area contributed by atoms with E-state index >= 15 is 0 Å². The van der Waals surface area contributed by atoms with Crippen LogP contribution in [0.1, 0.15) is 25.0 Å². The Labute approximate surface area is 98.2 Å². The molecule has 0 aromatic heterocycles. The van der Waals surface area contributed by atoms with Gasteiger partial charge in [-0.15, -0.1) is 0 Å². The van der Waals surface area contributed by atoms with Gasteiger partial charge in [-0.25, -0.2) is 0 Å². The summed E-state index contributed by atoms with van der Waals surface area (Å²) in [6, 6.07) is 8.68. The first-order chi connectivity index (χ1) is 7.58. The Morgan fingerprint density at radius 3 is 2.62 bits per heavy atom. The van der Waals surface area contributed by atoms with Crippen molar-refractivity contribution in [3.05, 3.63) is 47.0 Å². The summed E-state index contributed by atoms with van der Waals surface area (Å²) in [6.45, 7) is 4.43. The highest BCUT2D eigenvalue weighted by Crippen LogP contribution is 2.65. The molecule has 3 aliphatic rings. The van der Waals surface area contributed by atoms with E-state index in [1.165, 1.54) is 27.8 Å². The van der Waals surface area contributed by atoms with Crippen molar-refractivity contribution in [1.82, 2.24) is 0 Å². The van der Waals surface area contributed by atoms with E-state index in [2.05, 4.69) is 44.2 Å². The van der Waals surface area contributed by atoms with Crippen molar-refractivity contribution in [1.29, 1.82) is 0 Å². The number of hydrogen-bond donors (Lipinski definition) is 0. The van der Waals surface area contributed by atoms with Crippen LogP contribution in [0.25, 0.3) is 11.1 Å². The Hall–Kier alpha value is -1.12. The van der Waals surface area contributed by atoms with Crippen molar-refractivity contribution in [2.75, 3.05) is 0 Å². The molecule has 1 saturated heterocycles. The van der Waals surface area contributed by atoms with Crippen molar-refractivity contribution in [3.8, 4) is 0 Å². The molecule has 4 rings (SSSR count). The Kier molecular flexibility index (Phi) is 1.27. The average molecular weight is 226 g/mol. The molecule has 0 saturated carbocycles. The summed E-state index contributed by atoms with van der Waals surface area (Å²) in [5, 5.41) is 0.0650. The van der Waals surface area contributed by atoms with Crippen molar-refractivity contribution < 1.29 is 4.74 Å². The molecular weight excluding hydrogens is 212 g/mol. The highest BCUT2D eigenvalue weighted by atomic mass is 28.1. The summed E-state index contributed by atoms with van der Waals surface area (Å²) in [7, 11) is 1.07. The number of benzene rings is 1. The van der Waals surface area contributed by atoms with Gasteiger partial charge in [-0.1, -0.05) is 30.3 Å². The number of rotatable bonds is 0. The van der Waals surface area contributed by atoms with Crippen LogP contribution in [0, 0.1) is 0 Å². The van der Waals surface area contributed by atoms with Crippen molar-refractivity contribution in [2.45, 2.75) is 24.7 Å².